The number of benzene rings is 1. The van der Waals surface area contributed by atoms with Crippen molar-refractivity contribution in [2.75, 3.05) is 26.3 Å². The van der Waals surface area contributed by atoms with E-state index in [0.29, 0.717) is 53.5 Å². The molecule has 0 radical (unpaired) electrons. The standard InChI is InChI=1S/C25H29N5O4/c1-14(2)30-23-19(13-28-30)17(24(31)27-12-18-15(3)6-7-26-25(18)32)11-20(29-23)16-4-5-21-22(10-16)34-9-8-33-21/h4-5,10-11,13-15,18H,6-9,12H2,1-3H3,(H,26,32)(H,27,31). The van der Waals surface area contributed by atoms with Gasteiger partial charge in [-0.1, -0.05) is 6.92 Å². The van der Waals surface area contributed by atoms with Crippen LogP contribution in [0, 0.1) is 11.8 Å². The molecule has 1 aromatic carbocycles. The SMILES string of the molecule is CC1CCNC(=O)C1CNC(=O)c1cc(-c2ccc3c(c2)OCCO3)nc2c1cnn2C(C)C. The van der Waals surface area contributed by atoms with E-state index in [9.17, 15) is 9.59 Å². The number of nitrogens with one attached hydrogen (secondary N) is 2. The van der Waals surface area contributed by atoms with Gasteiger partial charge in [-0.15, -0.1) is 0 Å². The molecular weight excluding hydrogens is 434 g/mol. The number of piperidine rings is 1. The molecule has 34 heavy (non-hydrogen) atoms. The number of aromatic nitrogens is 3. The summed E-state index contributed by atoms with van der Waals surface area (Å²) in [6.07, 6.45) is 2.59. The van der Waals surface area contributed by atoms with Gasteiger partial charge in [0, 0.05) is 24.7 Å². The molecule has 178 valence electrons. The van der Waals surface area contributed by atoms with Crippen molar-refractivity contribution < 1.29 is 19.1 Å². The first kappa shape index (κ1) is 22.2. The van der Waals surface area contributed by atoms with Crippen molar-refractivity contribution in [3.05, 3.63) is 36.0 Å². The van der Waals surface area contributed by atoms with Crippen molar-refractivity contribution in [2.24, 2.45) is 11.8 Å². The predicted octanol–water partition coefficient (Wildman–Crippen LogP) is 2.95. The van der Waals surface area contributed by atoms with Gasteiger partial charge in [-0.05, 0) is 50.5 Å². The van der Waals surface area contributed by atoms with E-state index in [2.05, 4.69) is 15.7 Å². The number of carbonyl (C=O) groups is 2. The minimum atomic E-state index is -0.250. The third-order valence-corrected chi connectivity index (χ3v) is 6.54. The molecular formula is C25H29N5O4. The minimum absolute atomic E-state index is 0.0106. The Labute approximate surface area is 197 Å². The van der Waals surface area contributed by atoms with Crippen molar-refractivity contribution in [2.45, 2.75) is 33.2 Å². The smallest absolute Gasteiger partial charge is 0.252 e. The first-order valence-electron chi connectivity index (χ1n) is 11.8. The Hall–Kier alpha value is -3.62. The number of hydrogen-bond donors (Lipinski definition) is 2. The topological polar surface area (TPSA) is 107 Å². The van der Waals surface area contributed by atoms with E-state index < -0.39 is 0 Å². The Morgan fingerprint density at radius 3 is 2.79 bits per heavy atom. The molecule has 2 aliphatic rings. The van der Waals surface area contributed by atoms with Crippen molar-refractivity contribution in [3.63, 3.8) is 0 Å². The molecule has 1 fully saturated rings. The van der Waals surface area contributed by atoms with E-state index in [1.807, 2.05) is 43.7 Å². The number of pyridine rings is 1. The summed E-state index contributed by atoms with van der Waals surface area (Å²) in [6.45, 7) is 8.07. The summed E-state index contributed by atoms with van der Waals surface area (Å²) in [6, 6.07) is 7.50. The maximum atomic E-state index is 13.4. The molecule has 1 saturated heterocycles. The number of fused-ring (bicyclic) bond motifs is 2. The highest BCUT2D eigenvalue weighted by molar-refractivity contribution is 6.06. The summed E-state index contributed by atoms with van der Waals surface area (Å²) in [7, 11) is 0. The number of carbonyl (C=O) groups excluding carboxylic acids is 2. The Morgan fingerprint density at radius 1 is 1.24 bits per heavy atom. The monoisotopic (exact) mass is 463 g/mol. The third-order valence-electron chi connectivity index (χ3n) is 6.54. The number of hydrogen-bond acceptors (Lipinski definition) is 6. The molecule has 2 unspecified atom stereocenters. The molecule has 2 aromatic heterocycles. The molecule has 2 amide bonds. The molecule has 4 heterocycles. The van der Waals surface area contributed by atoms with E-state index >= 15 is 0 Å². The van der Waals surface area contributed by atoms with E-state index in [1.165, 1.54) is 0 Å². The van der Waals surface area contributed by atoms with Gasteiger partial charge in [0.05, 0.1) is 28.8 Å². The lowest BCUT2D eigenvalue weighted by Crippen LogP contribution is -2.46. The second-order valence-electron chi connectivity index (χ2n) is 9.21. The highest BCUT2D eigenvalue weighted by atomic mass is 16.6. The van der Waals surface area contributed by atoms with E-state index in [4.69, 9.17) is 14.5 Å². The molecule has 2 aliphatic heterocycles. The molecule has 3 aromatic rings. The summed E-state index contributed by atoms with van der Waals surface area (Å²) in [5.74, 6) is 1.06. The number of nitrogens with zero attached hydrogens (tertiary/aromatic N) is 3. The Bertz CT molecular complexity index is 1250. The van der Waals surface area contributed by atoms with E-state index in [-0.39, 0.29) is 36.2 Å². The quantitative estimate of drug-likeness (QED) is 0.603. The molecule has 9 heteroatoms. The molecule has 5 rings (SSSR count). The van der Waals surface area contributed by atoms with Crippen LogP contribution >= 0.6 is 0 Å². The lowest BCUT2D eigenvalue weighted by Gasteiger charge is -2.28. The average molecular weight is 464 g/mol. The number of amides is 2. The zero-order valence-electron chi connectivity index (χ0n) is 19.6. The van der Waals surface area contributed by atoms with Crippen LogP contribution in [0.5, 0.6) is 11.5 Å². The largest absolute Gasteiger partial charge is 0.486 e. The fourth-order valence-electron chi connectivity index (χ4n) is 4.54. The molecule has 0 saturated carbocycles. The lowest BCUT2D eigenvalue weighted by atomic mass is 9.87. The second kappa shape index (κ2) is 8.96. The van der Waals surface area contributed by atoms with Crippen LogP contribution < -0.4 is 20.1 Å². The fraction of sp³-hybridized carbons (Fsp3) is 0.440. The normalized spacial score (nSPS) is 19.8. The van der Waals surface area contributed by atoms with Crippen LogP contribution in [0.2, 0.25) is 0 Å². The summed E-state index contributed by atoms with van der Waals surface area (Å²) in [4.78, 5) is 30.5. The first-order valence-corrected chi connectivity index (χ1v) is 11.8. The first-order chi connectivity index (χ1) is 16.4. The van der Waals surface area contributed by atoms with Gasteiger partial charge < -0.3 is 20.1 Å². The van der Waals surface area contributed by atoms with Gasteiger partial charge in [-0.2, -0.15) is 5.10 Å². The molecule has 2 N–H and O–H groups in total. The lowest BCUT2D eigenvalue weighted by molar-refractivity contribution is -0.128. The maximum absolute atomic E-state index is 13.4. The molecule has 0 spiro atoms. The summed E-state index contributed by atoms with van der Waals surface area (Å²) < 4.78 is 13.2. The van der Waals surface area contributed by atoms with Crippen LogP contribution in [0.25, 0.3) is 22.3 Å². The van der Waals surface area contributed by atoms with Gasteiger partial charge in [0.1, 0.15) is 13.2 Å². The average Bonchev–Trinajstić information content (AvgIpc) is 3.27. The predicted molar refractivity (Wildman–Crippen MR) is 127 cm³/mol. The molecule has 2 atom stereocenters. The maximum Gasteiger partial charge on any atom is 0.252 e. The Balaban J connectivity index is 1.52. The number of ether oxygens (including phenoxy) is 2. The van der Waals surface area contributed by atoms with Crippen molar-refractivity contribution >= 4 is 22.8 Å². The van der Waals surface area contributed by atoms with Crippen LogP contribution in [0.4, 0.5) is 0 Å². The minimum Gasteiger partial charge on any atom is -0.486 e. The highest BCUT2D eigenvalue weighted by Gasteiger charge is 2.29. The molecule has 9 nitrogen and oxygen atoms in total. The van der Waals surface area contributed by atoms with Crippen LogP contribution in [0.1, 0.15) is 43.6 Å². The zero-order chi connectivity index (χ0) is 23.8. The van der Waals surface area contributed by atoms with Gasteiger partial charge in [0.25, 0.3) is 5.91 Å². The fourth-order valence-corrected chi connectivity index (χ4v) is 4.54. The second-order valence-corrected chi connectivity index (χ2v) is 9.21. The highest BCUT2D eigenvalue weighted by Crippen LogP contribution is 2.35. The summed E-state index contributed by atoms with van der Waals surface area (Å²) in [5, 5.41) is 11.0. The van der Waals surface area contributed by atoms with Crippen molar-refractivity contribution in [1.82, 2.24) is 25.4 Å². The summed E-state index contributed by atoms with van der Waals surface area (Å²) >= 11 is 0. The van der Waals surface area contributed by atoms with E-state index in [1.54, 1.807) is 12.3 Å². The van der Waals surface area contributed by atoms with Crippen LogP contribution in [0.15, 0.2) is 30.5 Å². The third kappa shape index (κ3) is 4.06. The molecule has 0 aliphatic carbocycles. The van der Waals surface area contributed by atoms with Gasteiger partial charge in [0.2, 0.25) is 5.91 Å². The van der Waals surface area contributed by atoms with Gasteiger partial charge in [0.15, 0.2) is 17.1 Å². The van der Waals surface area contributed by atoms with Crippen LogP contribution in [-0.4, -0.2) is 52.9 Å². The summed E-state index contributed by atoms with van der Waals surface area (Å²) in [5.41, 5.74) is 2.57. The van der Waals surface area contributed by atoms with Crippen molar-refractivity contribution in [1.29, 1.82) is 0 Å². The van der Waals surface area contributed by atoms with E-state index in [0.717, 1.165) is 12.0 Å². The van der Waals surface area contributed by atoms with Crippen molar-refractivity contribution in [3.8, 4) is 22.8 Å². The Kier molecular flexibility index (Phi) is 5.85. The Morgan fingerprint density at radius 2 is 2.03 bits per heavy atom. The molecule has 0 bridgehead atoms. The van der Waals surface area contributed by atoms with Gasteiger partial charge in [-0.3, -0.25) is 9.59 Å². The zero-order valence-corrected chi connectivity index (χ0v) is 19.6. The van der Waals surface area contributed by atoms with Crippen LogP contribution in [0.3, 0.4) is 0 Å². The van der Waals surface area contributed by atoms with Crippen LogP contribution in [-0.2, 0) is 4.79 Å². The van der Waals surface area contributed by atoms with Gasteiger partial charge >= 0.3 is 0 Å². The van der Waals surface area contributed by atoms with Gasteiger partial charge in [-0.25, -0.2) is 9.67 Å². The number of rotatable bonds is 5.